The van der Waals surface area contributed by atoms with Crippen molar-refractivity contribution in [3.05, 3.63) is 68.7 Å². The Balaban J connectivity index is 2.07. The summed E-state index contributed by atoms with van der Waals surface area (Å²) < 4.78 is 4.89. The lowest BCUT2D eigenvalue weighted by molar-refractivity contribution is -0.111. The van der Waals surface area contributed by atoms with Gasteiger partial charge in [-0.1, -0.05) is 40.9 Å². The molecule has 2 aromatic rings. The molecule has 0 radical (unpaired) electrons. The first-order valence-electron chi connectivity index (χ1n) is 7.31. The van der Waals surface area contributed by atoms with E-state index in [1.165, 1.54) is 24.3 Å². The molecule has 0 bridgehead atoms. The Hall–Kier alpha value is -2.01. The van der Waals surface area contributed by atoms with Gasteiger partial charge >= 0.3 is 5.97 Å². The molecule has 0 aliphatic heterocycles. The number of anilines is 1. The highest BCUT2D eigenvalue weighted by atomic mass is 35.5. The van der Waals surface area contributed by atoms with Crippen LogP contribution in [0.1, 0.15) is 22.8 Å². The fraction of sp³-hybridized carbons (Fsp3) is 0.111. The zero-order chi connectivity index (χ0) is 18.4. The summed E-state index contributed by atoms with van der Waals surface area (Å²) >= 11 is 18.0. The van der Waals surface area contributed by atoms with Crippen LogP contribution in [0.15, 0.2) is 42.5 Å². The minimum atomic E-state index is -0.473. The van der Waals surface area contributed by atoms with Crippen LogP contribution in [0.5, 0.6) is 0 Å². The van der Waals surface area contributed by atoms with Crippen LogP contribution in [0.4, 0.5) is 5.69 Å². The predicted octanol–water partition coefficient (Wildman–Crippen LogP) is 5.48. The third kappa shape index (κ3) is 5.49. The molecule has 130 valence electrons. The van der Waals surface area contributed by atoms with Crippen molar-refractivity contribution in [3.8, 4) is 0 Å². The average molecular weight is 399 g/mol. The molecule has 0 aliphatic carbocycles. The third-order valence-corrected chi connectivity index (χ3v) is 3.99. The molecular formula is C18H14Cl3NO3. The summed E-state index contributed by atoms with van der Waals surface area (Å²) in [5.41, 5.74) is 1.35. The first kappa shape index (κ1) is 19.3. The van der Waals surface area contributed by atoms with Crippen molar-refractivity contribution >= 4 is 58.4 Å². The maximum atomic E-state index is 12.0. The second kappa shape index (κ2) is 8.90. The van der Waals surface area contributed by atoms with Crippen molar-refractivity contribution in [2.45, 2.75) is 6.92 Å². The second-order valence-electron chi connectivity index (χ2n) is 4.90. The number of amides is 1. The van der Waals surface area contributed by atoms with Crippen LogP contribution < -0.4 is 5.32 Å². The maximum Gasteiger partial charge on any atom is 0.338 e. The van der Waals surface area contributed by atoms with Crippen LogP contribution in [0.3, 0.4) is 0 Å². The SMILES string of the molecule is CCOC(=O)c1ccc(NC(=O)/C=C/c2ccc(Cl)cc2Cl)c(Cl)c1. The van der Waals surface area contributed by atoms with Gasteiger partial charge in [0.25, 0.3) is 0 Å². The molecule has 4 nitrogen and oxygen atoms in total. The average Bonchev–Trinajstić information content (AvgIpc) is 2.56. The van der Waals surface area contributed by atoms with Gasteiger partial charge in [-0.3, -0.25) is 4.79 Å². The molecule has 1 N–H and O–H groups in total. The Morgan fingerprint density at radius 1 is 1.08 bits per heavy atom. The first-order chi connectivity index (χ1) is 11.9. The van der Waals surface area contributed by atoms with Gasteiger partial charge in [0.15, 0.2) is 0 Å². The summed E-state index contributed by atoms with van der Waals surface area (Å²) in [7, 11) is 0. The Bertz CT molecular complexity index is 834. The second-order valence-corrected chi connectivity index (χ2v) is 6.15. The van der Waals surface area contributed by atoms with Crippen molar-refractivity contribution in [2.24, 2.45) is 0 Å². The predicted molar refractivity (Wildman–Crippen MR) is 102 cm³/mol. The van der Waals surface area contributed by atoms with Gasteiger partial charge in [0, 0.05) is 16.1 Å². The van der Waals surface area contributed by atoms with E-state index < -0.39 is 11.9 Å². The van der Waals surface area contributed by atoms with Crippen LogP contribution in [-0.2, 0) is 9.53 Å². The summed E-state index contributed by atoms with van der Waals surface area (Å²) in [6.45, 7) is 1.99. The summed E-state index contributed by atoms with van der Waals surface area (Å²) in [6.07, 6.45) is 2.89. The quantitative estimate of drug-likeness (QED) is 0.536. The zero-order valence-corrected chi connectivity index (χ0v) is 15.5. The largest absolute Gasteiger partial charge is 0.462 e. The zero-order valence-electron chi connectivity index (χ0n) is 13.2. The van der Waals surface area contributed by atoms with Gasteiger partial charge in [0.05, 0.1) is 22.9 Å². The number of hydrogen-bond acceptors (Lipinski definition) is 3. The number of nitrogens with one attached hydrogen (secondary N) is 1. The summed E-state index contributed by atoms with van der Waals surface area (Å²) in [4.78, 5) is 23.7. The molecule has 0 saturated heterocycles. The normalized spacial score (nSPS) is 10.7. The highest BCUT2D eigenvalue weighted by molar-refractivity contribution is 6.35. The van der Waals surface area contributed by atoms with Crippen LogP contribution >= 0.6 is 34.8 Å². The Kier molecular flexibility index (Phi) is 6.88. The van der Waals surface area contributed by atoms with E-state index in [0.29, 0.717) is 26.9 Å². The van der Waals surface area contributed by atoms with Crippen LogP contribution in [-0.4, -0.2) is 18.5 Å². The Labute approximate surface area is 160 Å². The number of esters is 1. The number of rotatable bonds is 5. The number of hydrogen-bond donors (Lipinski definition) is 1. The molecule has 2 rings (SSSR count). The van der Waals surface area contributed by atoms with Crippen molar-refractivity contribution in [1.29, 1.82) is 0 Å². The Morgan fingerprint density at radius 2 is 1.84 bits per heavy atom. The van der Waals surface area contributed by atoms with Crippen molar-refractivity contribution in [2.75, 3.05) is 11.9 Å². The molecule has 0 aliphatic rings. The molecule has 0 saturated carbocycles. The van der Waals surface area contributed by atoms with Gasteiger partial charge < -0.3 is 10.1 Å². The van der Waals surface area contributed by atoms with Crippen molar-refractivity contribution in [1.82, 2.24) is 0 Å². The number of benzene rings is 2. The van der Waals surface area contributed by atoms with Gasteiger partial charge in [-0.05, 0) is 48.9 Å². The van der Waals surface area contributed by atoms with E-state index in [1.807, 2.05) is 0 Å². The van der Waals surface area contributed by atoms with Gasteiger partial charge in [-0.2, -0.15) is 0 Å². The molecular weight excluding hydrogens is 385 g/mol. The number of carbonyl (C=O) groups excluding carboxylic acids is 2. The molecule has 0 unspecified atom stereocenters. The summed E-state index contributed by atoms with van der Waals surface area (Å²) in [5, 5.41) is 3.82. The van der Waals surface area contributed by atoms with E-state index in [0.717, 1.165) is 0 Å². The standard InChI is InChI=1S/C18H14Cl3NO3/c1-2-25-18(24)12-4-7-16(15(21)9-12)22-17(23)8-5-11-3-6-13(19)10-14(11)20/h3-10H,2H2,1H3,(H,22,23)/b8-5+. The van der Waals surface area contributed by atoms with E-state index in [-0.39, 0.29) is 11.6 Å². The van der Waals surface area contributed by atoms with Crippen LogP contribution in [0.2, 0.25) is 15.1 Å². The highest BCUT2D eigenvalue weighted by Crippen LogP contribution is 2.24. The lowest BCUT2D eigenvalue weighted by Crippen LogP contribution is -2.09. The van der Waals surface area contributed by atoms with Gasteiger partial charge in [0.2, 0.25) is 5.91 Å². The fourth-order valence-electron chi connectivity index (χ4n) is 1.93. The van der Waals surface area contributed by atoms with E-state index in [1.54, 1.807) is 31.2 Å². The maximum absolute atomic E-state index is 12.0. The van der Waals surface area contributed by atoms with E-state index in [9.17, 15) is 9.59 Å². The van der Waals surface area contributed by atoms with E-state index in [2.05, 4.69) is 5.32 Å². The monoisotopic (exact) mass is 397 g/mol. The smallest absolute Gasteiger partial charge is 0.338 e. The van der Waals surface area contributed by atoms with Crippen LogP contribution in [0, 0.1) is 0 Å². The lowest BCUT2D eigenvalue weighted by atomic mass is 10.2. The lowest BCUT2D eigenvalue weighted by Gasteiger charge is -2.07. The highest BCUT2D eigenvalue weighted by Gasteiger charge is 2.10. The van der Waals surface area contributed by atoms with Gasteiger partial charge in [-0.15, -0.1) is 0 Å². The summed E-state index contributed by atoms with van der Waals surface area (Å²) in [5.74, 6) is -0.864. The molecule has 25 heavy (non-hydrogen) atoms. The number of halogens is 3. The molecule has 2 aromatic carbocycles. The first-order valence-corrected chi connectivity index (χ1v) is 8.45. The third-order valence-electron chi connectivity index (χ3n) is 3.11. The number of carbonyl (C=O) groups is 2. The van der Waals surface area contributed by atoms with E-state index >= 15 is 0 Å². The molecule has 0 atom stereocenters. The van der Waals surface area contributed by atoms with Crippen molar-refractivity contribution in [3.63, 3.8) is 0 Å². The van der Waals surface area contributed by atoms with Gasteiger partial charge in [0.1, 0.15) is 0 Å². The minimum absolute atomic E-state index is 0.233. The summed E-state index contributed by atoms with van der Waals surface area (Å²) in [6, 6.07) is 9.47. The molecule has 0 aromatic heterocycles. The van der Waals surface area contributed by atoms with Gasteiger partial charge in [-0.25, -0.2) is 4.79 Å². The Morgan fingerprint density at radius 3 is 2.48 bits per heavy atom. The van der Waals surface area contributed by atoms with Crippen LogP contribution in [0.25, 0.3) is 6.08 Å². The molecule has 1 amide bonds. The molecule has 0 spiro atoms. The molecule has 7 heteroatoms. The van der Waals surface area contributed by atoms with Crippen molar-refractivity contribution < 1.29 is 14.3 Å². The molecule has 0 fully saturated rings. The number of ether oxygens (including phenoxy) is 1. The fourth-order valence-corrected chi connectivity index (χ4v) is 2.63. The minimum Gasteiger partial charge on any atom is -0.462 e. The van der Waals surface area contributed by atoms with E-state index in [4.69, 9.17) is 39.5 Å². The topological polar surface area (TPSA) is 55.4 Å². The molecule has 0 heterocycles.